The van der Waals surface area contributed by atoms with Gasteiger partial charge in [-0.25, -0.2) is 9.97 Å². The predicted octanol–water partition coefficient (Wildman–Crippen LogP) is 9.35. The van der Waals surface area contributed by atoms with Crippen molar-refractivity contribution in [3.05, 3.63) is 110 Å². The number of halogens is 2. The fourth-order valence-electron chi connectivity index (χ4n) is 7.51. The molecule has 0 aliphatic heterocycles. The summed E-state index contributed by atoms with van der Waals surface area (Å²) < 4.78 is 5.55. The molecule has 0 saturated heterocycles. The van der Waals surface area contributed by atoms with E-state index in [1.807, 2.05) is 45.4 Å². The van der Waals surface area contributed by atoms with Crippen molar-refractivity contribution in [1.29, 1.82) is 5.26 Å². The van der Waals surface area contributed by atoms with Crippen molar-refractivity contribution in [2.24, 2.45) is 0 Å². The summed E-state index contributed by atoms with van der Waals surface area (Å²) >= 11 is 7.16. The molecule has 55 heavy (non-hydrogen) atoms. The van der Waals surface area contributed by atoms with Crippen LogP contribution in [0.25, 0.3) is 22.7 Å². The van der Waals surface area contributed by atoms with Crippen molar-refractivity contribution in [2.45, 2.75) is 89.1 Å². The van der Waals surface area contributed by atoms with E-state index in [1.165, 1.54) is 64.2 Å². The number of fused-ring (bicyclic) bond motifs is 2. The molecule has 0 atom stereocenters. The normalized spacial score (nSPS) is 15.1. The van der Waals surface area contributed by atoms with E-state index in [9.17, 15) is 0 Å². The summed E-state index contributed by atoms with van der Waals surface area (Å²) in [6.07, 6.45) is 16.3. The number of tetrazole rings is 1. The van der Waals surface area contributed by atoms with Gasteiger partial charge >= 0.3 is 0 Å². The standard InChI is InChI=1S/C20H21BrN8.C20H20BrN5/c21-16-12-23-29-18(10-17(24-20(16)29)14-4-2-1-3-5-14)22-11-13-6-8-15(9-7-13)19-25-27-28-26-19;21-17-13-24-26-19(23-12-15-8-6-14(11-22)7-9-15)10-18(25-20(17)26)16-4-2-1-3-5-16/h6-10,12,14,22H,1-5,11H2,(H,25,26,27,28);6-10,13,16,23H,1-5,12H2. The molecule has 0 unspecified atom stereocenters. The molecule has 0 radical (unpaired) electrons. The molecular weight excluding hydrogens is 822 g/mol. The van der Waals surface area contributed by atoms with Gasteiger partial charge in [0, 0.05) is 54.0 Å². The molecule has 2 aliphatic rings. The van der Waals surface area contributed by atoms with Crippen LogP contribution in [0.3, 0.4) is 0 Å². The third-order valence-electron chi connectivity index (χ3n) is 10.5. The molecule has 2 aliphatic carbocycles. The van der Waals surface area contributed by atoms with Crippen molar-refractivity contribution in [2.75, 3.05) is 10.6 Å². The second kappa shape index (κ2) is 17.1. The van der Waals surface area contributed by atoms with E-state index in [0.29, 0.717) is 36.3 Å². The number of H-pyrrole nitrogens is 1. The van der Waals surface area contributed by atoms with Gasteiger partial charge in [0.1, 0.15) is 11.6 Å². The number of nitriles is 1. The van der Waals surface area contributed by atoms with E-state index < -0.39 is 0 Å². The number of hydrogen-bond donors (Lipinski definition) is 3. The Morgan fingerprint density at radius 3 is 1.64 bits per heavy atom. The summed E-state index contributed by atoms with van der Waals surface area (Å²) in [6.45, 7) is 1.36. The van der Waals surface area contributed by atoms with Gasteiger partial charge in [0.2, 0.25) is 5.82 Å². The summed E-state index contributed by atoms with van der Waals surface area (Å²) in [5, 5.41) is 39.0. The van der Waals surface area contributed by atoms with Crippen LogP contribution in [0.5, 0.6) is 0 Å². The lowest BCUT2D eigenvalue weighted by Crippen LogP contribution is -2.11. The first-order valence-corrected chi connectivity index (χ1v) is 20.5. The molecule has 0 amide bonds. The average molecular weight is 864 g/mol. The first-order chi connectivity index (χ1) is 27.0. The highest BCUT2D eigenvalue weighted by molar-refractivity contribution is 9.11. The summed E-state index contributed by atoms with van der Waals surface area (Å²) in [7, 11) is 0. The zero-order valence-corrected chi connectivity index (χ0v) is 33.5. The summed E-state index contributed by atoms with van der Waals surface area (Å²) in [5.41, 5.74) is 7.93. The Bertz CT molecular complexity index is 2390. The Labute approximate surface area is 335 Å². The van der Waals surface area contributed by atoms with Gasteiger partial charge in [-0.15, -0.1) is 10.2 Å². The van der Waals surface area contributed by atoms with Gasteiger partial charge in [-0.1, -0.05) is 74.9 Å². The Balaban J connectivity index is 0.000000156. The maximum atomic E-state index is 8.92. The zero-order valence-electron chi connectivity index (χ0n) is 30.3. The highest BCUT2D eigenvalue weighted by atomic mass is 79.9. The van der Waals surface area contributed by atoms with E-state index >= 15 is 0 Å². The minimum Gasteiger partial charge on any atom is -0.366 e. The molecule has 280 valence electrons. The molecule has 2 fully saturated rings. The lowest BCUT2D eigenvalue weighted by Gasteiger charge is -2.22. The SMILES string of the molecule is Brc1cnn2c(NCc3ccc(-c4nn[nH]n4)cc3)cc(C3CCCCC3)nc12.N#Cc1ccc(CNc2cc(C3CCCCC3)nc3c(Br)cnn23)cc1. The number of benzene rings is 2. The van der Waals surface area contributed by atoms with Crippen LogP contribution in [-0.2, 0) is 13.1 Å². The van der Waals surface area contributed by atoms with Crippen LogP contribution in [0.1, 0.15) is 104 Å². The quantitative estimate of drug-likeness (QED) is 0.128. The van der Waals surface area contributed by atoms with Crippen molar-refractivity contribution in [3.8, 4) is 17.5 Å². The number of nitrogens with zero attached hydrogens (tertiary/aromatic N) is 10. The first-order valence-electron chi connectivity index (χ1n) is 18.9. The van der Waals surface area contributed by atoms with E-state index in [2.05, 4.69) is 104 Å². The maximum Gasteiger partial charge on any atom is 0.204 e. The molecular formula is C40H41Br2N13. The zero-order chi connectivity index (χ0) is 37.6. The molecule has 7 aromatic rings. The molecule has 0 bridgehead atoms. The fraction of sp³-hybridized carbons (Fsp3) is 0.350. The Morgan fingerprint density at radius 1 is 0.691 bits per heavy atom. The van der Waals surface area contributed by atoms with Crippen LogP contribution >= 0.6 is 31.9 Å². The number of nitrogens with one attached hydrogen (secondary N) is 3. The Morgan fingerprint density at radius 2 is 1.18 bits per heavy atom. The van der Waals surface area contributed by atoms with Crippen LogP contribution in [-0.4, -0.2) is 49.8 Å². The third kappa shape index (κ3) is 8.55. The first kappa shape index (κ1) is 36.8. The minimum absolute atomic E-state index is 0.533. The van der Waals surface area contributed by atoms with Crippen molar-refractivity contribution >= 4 is 54.8 Å². The van der Waals surface area contributed by atoms with Crippen LogP contribution in [0, 0.1) is 11.3 Å². The smallest absolute Gasteiger partial charge is 0.204 e. The third-order valence-corrected chi connectivity index (χ3v) is 11.7. The minimum atomic E-state index is 0.533. The van der Waals surface area contributed by atoms with Crippen LogP contribution in [0.4, 0.5) is 11.6 Å². The van der Waals surface area contributed by atoms with Crippen molar-refractivity contribution in [3.63, 3.8) is 0 Å². The largest absolute Gasteiger partial charge is 0.366 e. The van der Waals surface area contributed by atoms with Crippen LogP contribution in [0.15, 0.2) is 82.0 Å². The monoisotopic (exact) mass is 861 g/mol. The fourth-order valence-corrected chi connectivity index (χ4v) is 8.21. The Kier molecular flexibility index (Phi) is 11.4. The van der Waals surface area contributed by atoms with Gasteiger partial charge < -0.3 is 10.6 Å². The summed E-state index contributed by atoms with van der Waals surface area (Å²) in [6, 6.07) is 22.2. The lowest BCUT2D eigenvalue weighted by molar-refractivity contribution is 0.437. The van der Waals surface area contributed by atoms with Gasteiger partial charge in [0.05, 0.1) is 33.0 Å². The molecule has 2 saturated carbocycles. The maximum absolute atomic E-state index is 8.92. The molecule has 5 heterocycles. The predicted molar refractivity (Wildman–Crippen MR) is 218 cm³/mol. The van der Waals surface area contributed by atoms with Gasteiger partial charge in [-0.2, -0.15) is 29.7 Å². The highest BCUT2D eigenvalue weighted by Gasteiger charge is 2.21. The van der Waals surface area contributed by atoms with Gasteiger partial charge in [-0.05, 0) is 86.0 Å². The summed E-state index contributed by atoms with van der Waals surface area (Å²) in [4.78, 5) is 9.78. The van der Waals surface area contributed by atoms with Gasteiger partial charge in [-0.3, -0.25) is 0 Å². The highest BCUT2D eigenvalue weighted by Crippen LogP contribution is 2.35. The van der Waals surface area contributed by atoms with E-state index in [1.54, 1.807) is 12.4 Å². The molecule has 0 spiro atoms. The number of aromatic amines is 1. The molecule has 5 aromatic heterocycles. The second-order valence-electron chi connectivity index (χ2n) is 14.2. The Hall–Kier alpha value is -5.20. The molecule has 15 heteroatoms. The molecule has 3 N–H and O–H groups in total. The van der Waals surface area contributed by atoms with Crippen LogP contribution < -0.4 is 10.6 Å². The van der Waals surface area contributed by atoms with Gasteiger partial charge in [0.25, 0.3) is 0 Å². The van der Waals surface area contributed by atoms with E-state index in [4.69, 9.17) is 15.2 Å². The number of anilines is 2. The average Bonchev–Trinajstić information content (AvgIpc) is 4.01. The van der Waals surface area contributed by atoms with Crippen molar-refractivity contribution < 1.29 is 0 Å². The van der Waals surface area contributed by atoms with Crippen molar-refractivity contribution in [1.82, 2.24) is 49.8 Å². The molecule has 2 aromatic carbocycles. The summed E-state index contributed by atoms with van der Waals surface area (Å²) in [5.74, 6) is 3.57. The number of aromatic nitrogens is 10. The number of rotatable bonds is 9. The van der Waals surface area contributed by atoms with Gasteiger partial charge in [0.15, 0.2) is 11.3 Å². The second-order valence-corrected chi connectivity index (χ2v) is 15.9. The number of hydrogen-bond acceptors (Lipinski definition) is 10. The topological polar surface area (TPSA) is 163 Å². The van der Waals surface area contributed by atoms with E-state index in [-0.39, 0.29) is 0 Å². The van der Waals surface area contributed by atoms with E-state index in [0.717, 1.165) is 60.0 Å². The molecule has 9 rings (SSSR count). The van der Waals surface area contributed by atoms with Crippen LogP contribution in [0.2, 0.25) is 0 Å². The molecule has 13 nitrogen and oxygen atoms in total. The lowest BCUT2D eigenvalue weighted by atomic mass is 9.87.